The van der Waals surface area contributed by atoms with E-state index >= 15 is 0 Å². The first kappa shape index (κ1) is 21.0. The van der Waals surface area contributed by atoms with Crippen molar-refractivity contribution in [2.45, 2.75) is 38.2 Å². The molecule has 1 atom stereocenters. The van der Waals surface area contributed by atoms with E-state index in [1.54, 1.807) is 17.0 Å². The molecule has 0 saturated carbocycles. The summed E-state index contributed by atoms with van der Waals surface area (Å²) in [6.45, 7) is 4.14. The summed E-state index contributed by atoms with van der Waals surface area (Å²) in [5.41, 5.74) is 2.58. The van der Waals surface area contributed by atoms with Crippen LogP contribution in [-0.4, -0.2) is 32.6 Å². The van der Waals surface area contributed by atoms with Crippen LogP contribution >= 0.6 is 0 Å². The number of hydrogen-bond acceptors (Lipinski definition) is 5. The number of carbonyl (C=O) groups excluding carboxylic acids is 2. The molecule has 0 aromatic heterocycles. The summed E-state index contributed by atoms with van der Waals surface area (Å²) >= 11 is 0. The third kappa shape index (κ3) is 5.03. The fraction of sp³-hybridized carbons (Fsp3) is 0.364. The van der Waals surface area contributed by atoms with Gasteiger partial charge in [0.15, 0.2) is 9.84 Å². The van der Waals surface area contributed by atoms with Gasteiger partial charge >= 0.3 is 5.97 Å². The molecule has 2 aromatic rings. The molecule has 1 saturated heterocycles. The maximum Gasteiger partial charge on any atom is 0.311 e. The van der Waals surface area contributed by atoms with Crippen molar-refractivity contribution in [3.8, 4) is 0 Å². The monoisotopic (exact) mass is 415 g/mol. The molecule has 0 spiro atoms. The standard InChI is InChI=1S/C22H25NO5S/c1-3-12-29(26,27)20-10-6-17(7-11-20)15-28-22(25)18-13-21(24)23(14-18)19-8-4-16(2)5-9-19/h4-11,18H,3,12-15H2,1-2H3/t18-/m1/s1. The zero-order valence-corrected chi connectivity index (χ0v) is 17.4. The molecular formula is C22H25NO5S. The molecule has 1 fully saturated rings. The molecule has 6 nitrogen and oxygen atoms in total. The van der Waals surface area contributed by atoms with Gasteiger partial charge in [-0.15, -0.1) is 0 Å². The third-order valence-corrected chi connectivity index (χ3v) is 6.88. The molecule has 0 unspecified atom stereocenters. The number of benzene rings is 2. The SMILES string of the molecule is CCCS(=O)(=O)c1ccc(COC(=O)[C@@H]2CC(=O)N(c3ccc(C)cc3)C2)cc1. The van der Waals surface area contributed by atoms with Gasteiger partial charge in [-0.25, -0.2) is 8.42 Å². The van der Waals surface area contributed by atoms with E-state index < -0.39 is 21.7 Å². The Morgan fingerprint density at radius 2 is 1.76 bits per heavy atom. The normalized spacial score (nSPS) is 16.8. The van der Waals surface area contributed by atoms with E-state index in [1.807, 2.05) is 38.1 Å². The molecule has 1 aliphatic rings. The van der Waals surface area contributed by atoms with Gasteiger partial charge in [-0.1, -0.05) is 36.8 Å². The van der Waals surface area contributed by atoms with Crippen molar-refractivity contribution in [1.29, 1.82) is 0 Å². The Hall–Kier alpha value is -2.67. The maximum atomic E-state index is 12.4. The minimum absolute atomic E-state index is 0.0438. The number of carbonyl (C=O) groups is 2. The Balaban J connectivity index is 1.57. The molecule has 0 N–H and O–H groups in total. The van der Waals surface area contributed by atoms with E-state index in [1.165, 1.54) is 12.1 Å². The average molecular weight is 416 g/mol. The van der Waals surface area contributed by atoms with E-state index in [4.69, 9.17) is 4.74 Å². The van der Waals surface area contributed by atoms with Crippen LogP contribution in [0.15, 0.2) is 53.4 Å². The molecule has 3 rings (SSSR count). The molecule has 1 amide bonds. The largest absolute Gasteiger partial charge is 0.461 e. The van der Waals surface area contributed by atoms with Gasteiger partial charge in [0.05, 0.1) is 16.6 Å². The number of amides is 1. The molecule has 1 aliphatic heterocycles. The highest BCUT2D eigenvalue weighted by atomic mass is 32.2. The first-order valence-electron chi connectivity index (χ1n) is 9.65. The van der Waals surface area contributed by atoms with Crippen LogP contribution in [0.5, 0.6) is 0 Å². The van der Waals surface area contributed by atoms with E-state index in [0.717, 1.165) is 11.3 Å². The molecule has 0 bridgehead atoms. The van der Waals surface area contributed by atoms with Crippen LogP contribution in [0.2, 0.25) is 0 Å². The highest BCUT2D eigenvalue weighted by Gasteiger charge is 2.36. The number of nitrogens with zero attached hydrogens (tertiary/aromatic N) is 1. The van der Waals surface area contributed by atoms with Crippen molar-refractivity contribution in [2.24, 2.45) is 5.92 Å². The first-order chi connectivity index (χ1) is 13.8. The second kappa shape index (κ2) is 8.78. The number of hydrogen-bond donors (Lipinski definition) is 0. The highest BCUT2D eigenvalue weighted by Crippen LogP contribution is 2.26. The van der Waals surface area contributed by atoms with Gasteiger partial charge in [-0.2, -0.15) is 0 Å². The summed E-state index contributed by atoms with van der Waals surface area (Å²) in [6.07, 6.45) is 0.683. The van der Waals surface area contributed by atoms with E-state index in [-0.39, 0.29) is 29.6 Å². The smallest absolute Gasteiger partial charge is 0.311 e. The van der Waals surface area contributed by atoms with E-state index in [9.17, 15) is 18.0 Å². The van der Waals surface area contributed by atoms with Crippen molar-refractivity contribution in [1.82, 2.24) is 0 Å². The summed E-state index contributed by atoms with van der Waals surface area (Å²) in [5, 5.41) is 0. The van der Waals surface area contributed by atoms with Gasteiger partial charge in [0.1, 0.15) is 6.61 Å². The van der Waals surface area contributed by atoms with Crippen molar-refractivity contribution >= 4 is 27.4 Å². The van der Waals surface area contributed by atoms with Gasteiger partial charge in [-0.05, 0) is 43.2 Å². The van der Waals surface area contributed by atoms with Gasteiger partial charge < -0.3 is 9.64 Å². The van der Waals surface area contributed by atoms with Crippen LogP contribution in [0.1, 0.15) is 30.9 Å². The molecule has 7 heteroatoms. The van der Waals surface area contributed by atoms with E-state index in [2.05, 4.69) is 0 Å². The zero-order chi connectivity index (χ0) is 21.0. The number of anilines is 1. The second-order valence-electron chi connectivity index (χ2n) is 7.31. The van der Waals surface area contributed by atoms with Crippen LogP contribution < -0.4 is 4.90 Å². The molecule has 154 valence electrons. The fourth-order valence-corrected chi connectivity index (χ4v) is 4.62. The predicted octanol–water partition coefficient (Wildman–Crippen LogP) is 3.28. The zero-order valence-electron chi connectivity index (χ0n) is 16.6. The summed E-state index contributed by atoms with van der Waals surface area (Å²) in [5.74, 6) is -0.918. The Labute approximate surface area is 171 Å². The van der Waals surface area contributed by atoms with Crippen LogP contribution in [0, 0.1) is 12.8 Å². The Kier molecular flexibility index (Phi) is 6.37. The highest BCUT2D eigenvalue weighted by molar-refractivity contribution is 7.91. The fourth-order valence-electron chi connectivity index (χ4n) is 3.29. The Bertz CT molecular complexity index is 981. The van der Waals surface area contributed by atoms with Crippen molar-refractivity contribution in [2.75, 3.05) is 17.2 Å². The van der Waals surface area contributed by atoms with Crippen LogP contribution in [0.3, 0.4) is 0 Å². The molecule has 1 heterocycles. The number of esters is 1. The van der Waals surface area contributed by atoms with Gasteiger partial charge in [0, 0.05) is 18.7 Å². The van der Waals surface area contributed by atoms with Crippen molar-refractivity contribution < 1.29 is 22.7 Å². The second-order valence-corrected chi connectivity index (χ2v) is 9.42. The van der Waals surface area contributed by atoms with Gasteiger partial charge in [0.25, 0.3) is 0 Å². The topological polar surface area (TPSA) is 80.8 Å². The Morgan fingerprint density at radius 1 is 1.10 bits per heavy atom. The number of ether oxygens (including phenoxy) is 1. The Morgan fingerprint density at radius 3 is 2.38 bits per heavy atom. The van der Waals surface area contributed by atoms with Gasteiger partial charge in [-0.3, -0.25) is 9.59 Å². The lowest BCUT2D eigenvalue weighted by Crippen LogP contribution is -2.26. The number of sulfone groups is 1. The van der Waals surface area contributed by atoms with Crippen LogP contribution in [0.25, 0.3) is 0 Å². The van der Waals surface area contributed by atoms with Crippen molar-refractivity contribution in [3.63, 3.8) is 0 Å². The lowest BCUT2D eigenvalue weighted by molar-refractivity contribution is -0.149. The summed E-state index contributed by atoms with van der Waals surface area (Å²) in [4.78, 5) is 26.6. The van der Waals surface area contributed by atoms with Gasteiger partial charge in [0.2, 0.25) is 5.91 Å². The van der Waals surface area contributed by atoms with Crippen molar-refractivity contribution in [3.05, 3.63) is 59.7 Å². The lowest BCUT2D eigenvalue weighted by Gasteiger charge is -2.16. The maximum absolute atomic E-state index is 12.4. The predicted molar refractivity (Wildman–Crippen MR) is 110 cm³/mol. The number of aryl methyl sites for hydroxylation is 1. The summed E-state index contributed by atoms with van der Waals surface area (Å²) < 4.78 is 29.5. The lowest BCUT2D eigenvalue weighted by atomic mass is 10.1. The minimum atomic E-state index is -3.26. The number of rotatable bonds is 7. The van der Waals surface area contributed by atoms with Crippen LogP contribution in [0.4, 0.5) is 5.69 Å². The molecule has 0 radical (unpaired) electrons. The van der Waals surface area contributed by atoms with E-state index in [0.29, 0.717) is 18.5 Å². The summed E-state index contributed by atoms with van der Waals surface area (Å²) in [7, 11) is -3.26. The average Bonchev–Trinajstić information content (AvgIpc) is 3.09. The molecule has 29 heavy (non-hydrogen) atoms. The first-order valence-corrected chi connectivity index (χ1v) is 11.3. The van der Waals surface area contributed by atoms with Crippen LogP contribution in [-0.2, 0) is 30.8 Å². The third-order valence-electron chi connectivity index (χ3n) is 4.94. The quantitative estimate of drug-likeness (QED) is 0.649. The minimum Gasteiger partial charge on any atom is -0.461 e. The molecule has 2 aromatic carbocycles. The molecular weight excluding hydrogens is 390 g/mol. The molecule has 0 aliphatic carbocycles. The summed E-state index contributed by atoms with van der Waals surface area (Å²) in [6, 6.07) is 14.0.